The molecule has 0 heterocycles. The molecule has 0 radical (unpaired) electrons. The number of carboxylic acids is 1. The standard InChI is InChI=1S/C15H20FNO4/c1-15(2,3)17(8-7-13(18)19)14(20)10-5-6-11(16)12(9-10)21-4/h5-6,9H,7-8H2,1-4H3,(H,18,19). The van der Waals surface area contributed by atoms with Crippen LogP contribution in [0, 0.1) is 5.82 Å². The van der Waals surface area contributed by atoms with E-state index in [2.05, 4.69) is 0 Å². The van der Waals surface area contributed by atoms with E-state index in [-0.39, 0.29) is 30.2 Å². The average Bonchev–Trinajstić information content (AvgIpc) is 2.37. The van der Waals surface area contributed by atoms with Crippen molar-refractivity contribution in [3.63, 3.8) is 0 Å². The second-order valence-corrected chi connectivity index (χ2v) is 5.62. The van der Waals surface area contributed by atoms with Crippen molar-refractivity contribution in [2.24, 2.45) is 0 Å². The summed E-state index contributed by atoms with van der Waals surface area (Å²) < 4.78 is 18.3. The summed E-state index contributed by atoms with van der Waals surface area (Å²) in [5.41, 5.74) is -0.290. The molecule has 1 rings (SSSR count). The van der Waals surface area contributed by atoms with E-state index in [1.54, 1.807) is 0 Å². The van der Waals surface area contributed by atoms with Crippen LogP contribution in [0.1, 0.15) is 37.6 Å². The zero-order chi connectivity index (χ0) is 16.2. The molecule has 21 heavy (non-hydrogen) atoms. The van der Waals surface area contributed by atoms with Crippen molar-refractivity contribution in [2.75, 3.05) is 13.7 Å². The number of nitrogens with zero attached hydrogens (tertiary/aromatic N) is 1. The van der Waals surface area contributed by atoms with Gasteiger partial charge in [-0.25, -0.2) is 4.39 Å². The molecule has 0 aliphatic carbocycles. The van der Waals surface area contributed by atoms with Gasteiger partial charge in [-0.1, -0.05) is 0 Å². The summed E-state index contributed by atoms with van der Waals surface area (Å²) >= 11 is 0. The van der Waals surface area contributed by atoms with Gasteiger partial charge in [0.15, 0.2) is 11.6 Å². The number of carbonyl (C=O) groups is 2. The molecule has 6 heteroatoms. The number of aliphatic carboxylic acids is 1. The number of rotatable bonds is 5. The molecule has 0 atom stereocenters. The van der Waals surface area contributed by atoms with Crippen LogP contribution in [-0.2, 0) is 4.79 Å². The Morgan fingerprint density at radius 1 is 1.33 bits per heavy atom. The molecule has 0 saturated carbocycles. The maximum Gasteiger partial charge on any atom is 0.305 e. The summed E-state index contributed by atoms with van der Waals surface area (Å²) in [6, 6.07) is 3.83. The third-order valence-corrected chi connectivity index (χ3v) is 3.00. The lowest BCUT2D eigenvalue weighted by Gasteiger charge is -2.35. The fraction of sp³-hybridized carbons (Fsp3) is 0.467. The van der Waals surface area contributed by atoms with Gasteiger partial charge in [-0.2, -0.15) is 0 Å². The zero-order valence-electron chi connectivity index (χ0n) is 12.6. The molecule has 1 aromatic carbocycles. The quantitative estimate of drug-likeness (QED) is 0.907. The molecule has 1 N–H and O–H groups in total. The minimum absolute atomic E-state index is 0.0204. The first-order chi connectivity index (χ1) is 9.66. The first kappa shape index (κ1) is 16.9. The molecule has 0 aromatic heterocycles. The maximum absolute atomic E-state index is 13.4. The number of methoxy groups -OCH3 is 1. The van der Waals surface area contributed by atoms with Crippen LogP contribution in [0.2, 0.25) is 0 Å². The summed E-state index contributed by atoms with van der Waals surface area (Å²) in [5, 5.41) is 8.79. The molecule has 0 bridgehead atoms. The summed E-state index contributed by atoms with van der Waals surface area (Å²) in [5.74, 6) is -1.91. The van der Waals surface area contributed by atoms with Crippen molar-refractivity contribution >= 4 is 11.9 Å². The van der Waals surface area contributed by atoms with Crippen molar-refractivity contribution in [3.05, 3.63) is 29.6 Å². The highest BCUT2D eigenvalue weighted by Gasteiger charge is 2.28. The lowest BCUT2D eigenvalue weighted by molar-refractivity contribution is -0.137. The van der Waals surface area contributed by atoms with Gasteiger partial charge in [-0.05, 0) is 39.0 Å². The van der Waals surface area contributed by atoms with Gasteiger partial charge in [0.1, 0.15) is 0 Å². The minimum Gasteiger partial charge on any atom is -0.494 e. The van der Waals surface area contributed by atoms with Crippen LogP contribution in [0.4, 0.5) is 4.39 Å². The summed E-state index contributed by atoms with van der Waals surface area (Å²) in [6.07, 6.45) is -0.151. The number of hydrogen-bond acceptors (Lipinski definition) is 3. The van der Waals surface area contributed by atoms with E-state index in [1.165, 1.54) is 24.1 Å². The van der Waals surface area contributed by atoms with Crippen LogP contribution in [0.25, 0.3) is 0 Å². The van der Waals surface area contributed by atoms with Crippen LogP contribution in [-0.4, -0.2) is 41.1 Å². The number of hydrogen-bond donors (Lipinski definition) is 1. The van der Waals surface area contributed by atoms with Crippen LogP contribution >= 0.6 is 0 Å². The third-order valence-electron chi connectivity index (χ3n) is 3.00. The molecule has 5 nitrogen and oxygen atoms in total. The van der Waals surface area contributed by atoms with Crippen molar-refractivity contribution in [3.8, 4) is 5.75 Å². The van der Waals surface area contributed by atoms with Crippen LogP contribution < -0.4 is 4.74 Å². The Bertz CT molecular complexity index is 537. The fourth-order valence-corrected chi connectivity index (χ4v) is 1.90. The van der Waals surface area contributed by atoms with E-state index in [0.717, 1.165) is 6.07 Å². The number of amides is 1. The van der Waals surface area contributed by atoms with Crippen LogP contribution in [0.3, 0.4) is 0 Å². The van der Waals surface area contributed by atoms with Gasteiger partial charge in [0.05, 0.1) is 13.5 Å². The maximum atomic E-state index is 13.4. The predicted molar refractivity (Wildman–Crippen MR) is 76.0 cm³/mol. The summed E-state index contributed by atoms with van der Waals surface area (Å²) in [7, 11) is 1.32. The highest BCUT2D eigenvalue weighted by atomic mass is 19.1. The van der Waals surface area contributed by atoms with Gasteiger partial charge in [0.2, 0.25) is 0 Å². The van der Waals surface area contributed by atoms with Gasteiger partial charge >= 0.3 is 5.97 Å². The van der Waals surface area contributed by atoms with Gasteiger partial charge in [-0.3, -0.25) is 9.59 Å². The van der Waals surface area contributed by atoms with E-state index in [0.29, 0.717) is 0 Å². The molecule has 116 valence electrons. The third kappa shape index (κ3) is 4.44. The fourth-order valence-electron chi connectivity index (χ4n) is 1.90. The van der Waals surface area contributed by atoms with E-state index in [9.17, 15) is 14.0 Å². The van der Waals surface area contributed by atoms with E-state index in [1.807, 2.05) is 20.8 Å². The Balaban J connectivity index is 3.07. The van der Waals surface area contributed by atoms with E-state index in [4.69, 9.17) is 9.84 Å². The van der Waals surface area contributed by atoms with Crippen LogP contribution in [0.5, 0.6) is 5.75 Å². The number of benzene rings is 1. The number of halogens is 1. The summed E-state index contributed by atoms with van der Waals surface area (Å²) in [4.78, 5) is 24.7. The van der Waals surface area contributed by atoms with Gasteiger partial charge in [0, 0.05) is 17.6 Å². The lowest BCUT2D eigenvalue weighted by atomic mass is 10.0. The highest BCUT2D eigenvalue weighted by molar-refractivity contribution is 5.95. The molecule has 0 spiro atoms. The Hall–Kier alpha value is -2.11. The highest BCUT2D eigenvalue weighted by Crippen LogP contribution is 2.22. The lowest BCUT2D eigenvalue weighted by Crippen LogP contribution is -2.46. The van der Waals surface area contributed by atoms with Crippen molar-refractivity contribution in [1.29, 1.82) is 0 Å². The van der Waals surface area contributed by atoms with E-state index >= 15 is 0 Å². The average molecular weight is 297 g/mol. The molecule has 0 unspecified atom stereocenters. The van der Waals surface area contributed by atoms with Crippen LogP contribution in [0.15, 0.2) is 18.2 Å². The first-order valence-corrected chi connectivity index (χ1v) is 6.54. The number of ether oxygens (including phenoxy) is 1. The molecular formula is C15H20FNO4. The SMILES string of the molecule is COc1cc(C(=O)N(CCC(=O)O)C(C)(C)C)ccc1F. The van der Waals surface area contributed by atoms with Crippen molar-refractivity contribution in [2.45, 2.75) is 32.7 Å². The second-order valence-electron chi connectivity index (χ2n) is 5.62. The number of carbonyl (C=O) groups excluding carboxylic acids is 1. The van der Waals surface area contributed by atoms with Gasteiger partial charge in [-0.15, -0.1) is 0 Å². The summed E-state index contributed by atoms with van der Waals surface area (Å²) in [6.45, 7) is 5.52. The first-order valence-electron chi connectivity index (χ1n) is 6.54. The van der Waals surface area contributed by atoms with E-state index < -0.39 is 17.3 Å². The Morgan fingerprint density at radius 3 is 2.43 bits per heavy atom. The van der Waals surface area contributed by atoms with Crippen molar-refractivity contribution in [1.82, 2.24) is 4.90 Å². The predicted octanol–water partition coefficient (Wildman–Crippen LogP) is 2.55. The zero-order valence-corrected chi connectivity index (χ0v) is 12.6. The molecular weight excluding hydrogens is 277 g/mol. The topological polar surface area (TPSA) is 66.8 Å². The minimum atomic E-state index is -0.978. The Labute approximate surface area is 123 Å². The second kappa shape index (κ2) is 6.56. The molecule has 0 saturated heterocycles. The number of carboxylic acid groups (broad SMARTS) is 1. The smallest absolute Gasteiger partial charge is 0.305 e. The van der Waals surface area contributed by atoms with Crippen molar-refractivity contribution < 1.29 is 23.8 Å². The van der Waals surface area contributed by atoms with Gasteiger partial charge in [0.25, 0.3) is 5.91 Å². The Morgan fingerprint density at radius 2 is 1.95 bits per heavy atom. The molecule has 1 aromatic rings. The largest absolute Gasteiger partial charge is 0.494 e. The normalized spacial score (nSPS) is 11.1. The molecule has 1 amide bonds. The monoisotopic (exact) mass is 297 g/mol. The molecule has 0 aliphatic heterocycles. The molecule has 0 fully saturated rings. The molecule has 0 aliphatic rings. The Kier molecular flexibility index (Phi) is 5.29. The van der Waals surface area contributed by atoms with Gasteiger partial charge < -0.3 is 14.7 Å².